The van der Waals surface area contributed by atoms with Gasteiger partial charge in [0.25, 0.3) is 0 Å². The number of benzene rings is 1. The van der Waals surface area contributed by atoms with E-state index in [4.69, 9.17) is 0 Å². The van der Waals surface area contributed by atoms with Crippen molar-refractivity contribution in [3.63, 3.8) is 0 Å². The van der Waals surface area contributed by atoms with Gasteiger partial charge in [0.15, 0.2) is 0 Å². The molecule has 6 heteroatoms. The number of sulfonamides is 1. The average Bonchev–Trinajstić information content (AvgIpc) is 2.56. The number of para-hydroxylation sites is 1. The fraction of sp³-hybridized carbons (Fsp3) is 0.222. The summed E-state index contributed by atoms with van der Waals surface area (Å²) in [4.78, 5) is 4.31. The van der Waals surface area contributed by atoms with Crippen LogP contribution in [-0.2, 0) is 16.6 Å². The summed E-state index contributed by atoms with van der Waals surface area (Å²) in [6.07, 6.45) is 1.14. The SMILES string of the molecule is CS(=O)(=O)NCc1nc2ccccc2s1. The molecule has 0 saturated heterocycles. The number of hydrogen-bond donors (Lipinski definition) is 1. The third-order valence-electron chi connectivity index (χ3n) is 1.82. The molecule has 0 bridgehead atoms. The van der Waals surface area contributed by atoms with Gasteiger partial charge in [-0.3, -0.25) is 0 Å². The fourth-order valence-electron chi connectivity index (χ4n) is 1.19. The van der Waals surface area contributed by atoms with Crippen LogP contribution in [-0.4, -0.2) is 19.7 Å². The summed E-state index contributed by atoms with van der Waals surface area (Å²) in [7, 11) is -3.14. The molecule has 15 heavy (non-hydrogen) atoms. The van der Waals surface area contributed by atoms with E-state index in [1.54, 1.807) is 0 Å². The summed E-state index contributed by atoms with van der Waals surface area (Å²) >= 11 is 1.50. The second-order valence-electron chi connectivity index (χ2n) is 3.17. The first kappa shape index (κ1) is 10.5. The molecule has 1 N–H and O–H groups in total. The lowest BCUT2D eigenvalue weighted by molar-refractivity contribution is 0.587. The van der Waals surface area contributed by atoms with Crippen molar-refractivity contribution in [2.24, 2.45) is 0 Å². The third-order valence-corrected chi connectivity index (χ3v) is 3.53. The van der Waals surface area contributed by atoms with E-state index in [-0.39, 0.29) is 6.54 Å². The Kier molecular flexibility index (Phi) is 2.72. The van der Waals surface area contributed by atoms with Gasteiger partial charge in [0.1, 0.15) is 5.01 Å². The lowest BCUT2D eigenvalue weighted by Gasteiger charge is -1.96. The largest absolute Gasteiger partial charge is 0.240 e. The van der Waals surface area contributed by atoms with Gasteiger partial charge in [-0.15, -0.1) is 11.3 Å². The van der Waals surface area contributed by atoms with E-state index in [1.807, 2.05) is 24.3 Å². The highest BCUT2D eigenvalue weighted by Gasteiger charge is 2.05. The Labute approximate surface area is 92.0 Å². The Morgan fingerprint density at radius 1 is 1.40 bits per heavy atom. The quantitative estimate of drug-likeness (QED) is 0.883. The molecule has 0 unspecified atom stereocenters. The first-order chi connectivity index (χ1) is 7.04. The Hall–Kier alpha value is -0.980. The molecule has 0 atom stereocenters. The Bertz CT molecular complexity index is 542. The number of rotatable bonds is 3. The number of nitrogens with one attached hydrogen (secondary N) is 1. The van der Waals surface area contributed by atoms with Crippen molar-refractivity contribution in [1.29, 1.82) is 0 Å². The van der Waals surface area contributed by atoms with Crippen LogP contribution in [0.25, 0.3) is 10.2 Å². The van der Waals surface area contributed by atoms with Crippen molar-refractivity contribution >= 4 is 31.6 Å². The molecule has 0 aliphatic carbocycles. The van der Waals surface area contributed by atoms with Crippen LogP contribution in [0.4, 0.5) is 0 Å². The minimum absolute atomic E-state index is 0.262. The van der Waals surface area contributed by atoms with Crippen LogP contribution in [0.3, 0.4) is 0 Å². The standard InChI is InChI=1S/C9H10N2O2S2/c1-15(12,13)10-6-9-11-7-4-2-3-5-8(7)14-9/h2-5,10H,6H2,1H3. The molecule has 0 saturated carbocycles. The lowest BCUT2D eigenvalue weighted by atomic mass is 10.3. The molecule has 2 rings (SSSR count). The summed E-state index contributed by atoms with van der Waals surface area (Å²) in [6, 6.07) is 7.73. The molecule has 0 amide bonds. The van der Waals surface area contributed by atoms with Gasteiger partial charge < -0.3 is 0 Å². The van der Waals surface area contributed by atoms with Gasteiger partial charge in [-0.25, -0.2) is 18.1 Å². The van der Waals surface area contributed by atoms with Gasteiger partial charge in [0, 0.05) is 0 Å². The van der Waals surface area contributed by atoms with E-state index in [1.165, 1.54) is 11.3 Å². The number of nitrogens with zero attached hydrogens (tertiary/aromatic N) is 1. The van der Waals surface area contributed by atoms with Crippen LogP contribution < -0.4 is 4.72 Å². The van der Waals surface area contributed by atoms with Crippen molar-refractivity contribution in [3.05, 3.63) is 29.3 Å². The van der Waals surface area contributed by atoms with Crippen LogP contribution in [0.1, 0.15) is 5.01 Å². The first-order valence-corrected chi connectivity index (χ1v) is 7.04. The Morgan fingerprint density at radius 3 is 2.80 bits per heavy atom. The highest BCUT2D eigenvalue weighted by atomic mass is 32.2. The van der Waals surface area contributed by atoms with Gasteiger partial charge in [-0.2, -0.15) is 0 Å². The predicted octanol–water partition coefficient (Wildman–Crippen LogP) is 1.35. The number of aromatic nitrogens is 1. The number of fused-ring (bicyclic) bond motifs is 1. The molecule has 0 spiro atoms. The van der Waals surface area contributed by atoms with Crippen molar-refractivity contribution in [1.82, 2.24) is 9.71 Å². The zero-order chi connectivity index (χ0) is 10.9. The van der Waals surface area contributed by atoms with Gasteiger partial charge in [0.2, 0.25) is 10.0 Å². The zero-order valence-electron chi connectivity index (χ0n) is 8.10. The normalized spacial score (nSPS) is 12.1. The second-order valence-corrected chi connectivity index (χ2v) is 6.12. The maximum Gasteiger partial charge on any atom is 0.209 e. The van der Waals surface area contributed by atoms with Crippen molar-refractivity contribution in [3.8, 4) is 0 Å². The van der Waals surface area contributed by atoms with Gasteiger partial charge in [0.05, 0.1) is 23.0 Å². The smallest absolute Gasteiger partial charge is 0.209 e. The highest BCUT2D eigenvalue weighted by Crippen LogP contribution is 2.21. The van der Waals surface area contributed by atoms with Gasteiger partial charge >= 0.3 is 0 Å². The van der Waals surface area contributed by atoms with E-state index in [0.29, 0.717) is 0 Å². The molecule has 1 aromatic carbocycles. The summed E-state index contributed by atoms with van der Waals surface area (Å²) < 4.78 is 25.3. The van der Waals surface area contributed by atoms with Crippen molar-refractivity contribution in [2.75, 3.05) is 6.26 Å². The van der Waals surface area contributed by atoms with Crippen LogP contribution >= 0.6 is 11.3 Å². The predicted molar refractivity (Wildman–Crippen MR) is 61.3 cm³/mol. The van der Waals surface area contributed by atoms with E-state index < -0.39 is 10.0 Å². The Morgan fingerprint density at radius 2 is 2.13 bits per heavy atom. The average molecular weight is 242 g/mol. The van der Waals surface area contributed by atoms with E-state index in [0.717, 1.165) is 21.5 Å². The molecule has 0 fully saturated rings. The zero-order valence-corrected chi connectivity index (χ0v) is 9.73. The maximum absolute atomic E-state index is 10.9. The molecular formula is C9H10N2O2S2. The fourth-order valence-corrected chi connectivity index (χ4v) is 2.59. The monoisotopic (exact) mass is 242 g/mol. The molecule has 1 heterocycles. The molecule has 0 radical (unpaired) electrons. The number of hydrogen-bond acceptors (Lipinski definition) is 4. The lowest BCUT2D eigenvalue weighted by Crippen LogP contribution is -2.20. The maximum atomic E-state index is 10.9. The van der Waals surface area contributed by atoms with Crippen molar-refractivity contribution < 1.29 is 8.42 Å². The molecular weight excluding hydrogens is 232 g/mol. The van der Waals surface area contributed by atoms with Crippen LogP contribution in [0.2, 0.25) is 0 Å². The highest BCUT2D eigenvalue weighted by molar-refractivity contribution is 7.88. The summed E-state index contributed by atoms with van der Waals surface area (Å²) in [5.41, 5.74) is 0.910. The third kappa shape index (κ3) is 2.74. The molecule has 0 aliphatic rings. The molecule has 4 nitrogen and oxygen atoms in total. The van der Waals surface area contributed by atoms with Crippen LogP contribution in [0.15, 0.2) is 24.3 Å². The van der Waals surface area contributed by atoms with E-state index in [2.05, 4.69) is 9.71 Å². The summed E-state index contributed by atoms with van der Waals surface area (Å²) in [6.45, 7) is 0.262. The molecule has 2 aromatic rings. The van der Waals surface area contributed by atoms with Crippen LogP contribution in [0, 0.1) is 0 Å². The molecule has 0 aliphatic heterocycles. The summed E-state index contributed by atoms with van der Waals surface area (Å²) in [5, 5.41) is 0.779. The first-order valence-electron chi connectivity index (χ1n) is 4.34. The van der Waals surface area contributed by atoms with Gasteiger partial charge in [-0.1, -0.05) is 12.1 Å². The minimum Gasteiger partial charge on any atom is -0.240 e. The van der Waals surface area contributed by atoms with Crippen molar-refractivity contribution in [2.45, 2.75) is 6.54 Å². The second kappa shape index (κ2) is 3.88. The van der Waals surface area contributed by atoms with Gasteiger partial charge in [-0.05, 0) is 12.1 Å². The minimum atomic E-state index is -3.14. The van der Waals surface area contributed by atoms with Crippen LogP contribution in [0.5, 0.6) is 0 Å². The van der Waals surface area contributed by atoms with E-state index in [9.17, 15) is 8.42 Å². The number of thiazole rings is 1. The topological polar surface area (TPSA) is 59.1 Å². The van der Waals surface area contributed by atoms with E-state index >= 15 is 0 Å². The molecule has 80 valence electrons. The molecule has 1 aromatic heterocycles. The summed E-state index contributed by atoms with van der Waals surface area (Å²) in [5.74, 6) is 0. The Balaban J connectivity index is 2.23.